The highest BCUT2D eigenvalue weighted by atomic mass is 19.1. The molecule has 7 nitrogen and oxygen atoms in total. The van der Waals surface area contributed by atoms with Crippen molar-refractivity contribution in [3.8, 4) is 11.4 Å². The van der Waals surface area contributed by atoms with Crippen molar-refractivity contribution in [2.45, 2.75) is 13.0 Å². The molecule has 0 aliphatic rings. The Labute approximate surface area is 148 Å². The highest BCUT2D eigenvalue weighted by molar-refractivity contribution is 5.97. The van der Waals surface area contributed by atoms with Crippen LogP contribution >= 0.6 is 0 Å². The van der Waals surface area contributed by atoms with Crippen molar-refractivity contribution in [1.82, 2.24) is 20.2 Å². The molecule has 0 atom stereocenters. The zero-order valence-corrected chi connectivity index (χ0v) is 13.7. The van der Waals surface area contributed by atoms with Crippen molar-refractivity contribution >= 4 is 11.8 Å². The van der Waals surface area contributed by atoms with Gasteiger partial charge in [0, 0.05) is 5.56 Å². The van der Waals surface area contributed by atoms with Gasteiger partial charge in [0.25, 0.3) is 0 Å². The van der Waals surface area contributed by atoms with Gasteiger partial charge in [0.05, 0.1) is 18.5 Å². The molecule has 0 spiro atoms. The second-order valence-electron chi connectivity index (χ2n) is 5.39. The van der Waals surface area contributed by atoms with E-state index in [2.05, 4.69) is 15.4 Å². The molecule has 0 bridgehead atoms. The van der Waals surface area contributed by atoms with Gasteiger partial charge in [0.15, 0.2) is 12.4 Å². The lowest BCUT2D eigenvalue weighted by molar-refractivity contribution is -0.142. The number of aryl methyl sites for hydroxylation is 1. The molecule has 0 saturated heterocycles. The van der Waals surface area contributed by atoms with Gasteiger partial charge in [-0.15, -0.1) is 10.2 Å². The summed E-state index contributed by atoms with van der Waals surface area (Å²) in [5, 5.41) is 11.6. The smallest absolute Gasteiger partial charge is 0.308 e. The van der Waals surface area contributed by atoms with Crippen molar-refractivity contribution < 1.29 is 18.7 Å². The zero-order valence-electron chi connectivity index (χ0n) is 13.7. The van der Waals surface area contributed by atoms with Crippen molar-refractivity contribution in [1.29, 1.82) is 0 Å². The minimum Gasteiger partial charge on any atom is -0.457 e. The standard InChI is InChI=1S/C18H15FN4O3/c19-15-9-5-4-8-14(15)18-20-22-23(21-18)11-10-17(25)26-12-16(24)13-6-2-1-3-7-13/h1-9H,10-12H2. The number of Topliss-reactive ketones (excluding diaryl/α,β-unsaturated/α-hetero) is 1. The number of esters is 1. The maximum atomic E-state index is 13.7. The number of aromatic nitrogens is 4. The van der Waals surface area contributed by atoms with Crippen LogP contribution in [0.4, 0.5) is 4.39 Å². The first-order valence-electron chi connectivity index (χ1n) is 7.90. The molecule has 0 fully saturated rings. The van der Waals surface area contributed by atoms with E-state index >= 15 is 0 Å². The predicted octanol–water partition coefficient (Wildman–Crippen LogP) is 2.30. The number of tetrazole rings is 1. The fourth-order valence-electron chi connectivity index (χ4n) is 2.21. The highest BCUT2D eigenvalue weighted by Crippen LogP contribution is 2.17. The molecule has 0 unspecified atom stereocenters. The second-order valence-corrected chi connectivity index (χ2v) is 5.39. The van der Waals surface area contributed by atoms with Crippen LogP contribution in [0, 0.1) is 5.82 Å². The minimum absolute atomic E-state index is 0.0326. The highest BCUT2D eigenvalue weighted by Gasteiger charge is 2.13. The Kier molecular flexibility index (Phi) is 5.43. The van der Waals surface area contributed by atoms with E-state index in [-0.39, 0.29) is 36.7 Å². The maximum absolute atomic E-state index is 13.7. The number of rotatable bonds is 7. The lowest BCUT2D eigenvalue weighted by Crippen LogP contribution is -2.16. The third-order valence-corrected chi connectivity index (χ3v) is 3.54. The van der Waals surface area contributed by atoms with E-state index in [1.807, 2.05) is 0 Å². The predicted molar refractivity (Wildman–Crippen MR) is 89.6 cm³/mol. The molecule has 8 heteroatoms. The molecule has 0 N–H and O–H groups in total. The number of ether oxygens (including phenoxy) is 1. The van der Waals surface area contributed by atoms with Gasteiger partial charge in [-0.2, -0.15) is 4.80 Å². The van der Waals surface area contributed by atoms with Gasteiger partial charge in [-0.05, 0) is 17.3 Å². The fourth-order valence-corrected chi connectivity index (χ4v) is 2.21. The molecule has 2 aromatic carbocycles. The molecule has 26 heavy (non-hydrogen) atoms. The summed E-state index contributed by atoms with van der Waals surface area (Å²) in [4.78, 5) is 24.8. The van der Waals surface area contributed by atoms with E-state index in [0.29, 0.717) is 5.56 Å². The van der Waals surface area contributed by atoms with E-state index in [1.54, 1.807) is 48.5 Å². The number of ketones is 1. The van der Waals surface area contributed by atoms with Crippen LogP contribution in [-0.2, 0) is 16.1 Å². The Bertz CT molecular complexity index is 912. The van der Waals surface area contributed by atoms with Crippen LogP contribution in [0.2, 0.25) is 0 Å². The molecule has 1 heterocycles. The zero-order chi connectivity index (χ0) is 18.4. The average Bonchev–Trinajstić information content (AvgIpc) is 3.14. The first-order chi connectivity index (χ1) is 12.6. The van der Waals surface area contributed by atoms with Crippen molar-refractivity contribution in [3.63, 3.8) is 0 Å². The monoisotopic (exact) mass is 354 g/mol. The second kappa shape index (κ2) is 8.11. The Morgan fingerprint density at radius 3 is 2.54 bits per heavy atom. The van der Waals surface area contributed by atoms with Gasteiger partial charge in [-0.1, -0.05) is 42.5 Å². The van der Waals surface area contributed by atoms with E-state index < -0.39 is 11.8 Å². The Balaban J connectivity index is 1.49. The number of hydrogen-bond donors (Lipinski definition) is 0. The summed E-state index contributed by atoms with van der Waals surface area (Å²) in [6, 6.07) is 14.6. The molecule has 0 saturated carbocycles. The fraction of sp³-hybridized carbons (Fsp3) is 0.167. The Morgan fingerprint density at radius 1 is 1.04 bits per heavy atom. The summed E-state index contributed by atoms with van der Waals surface area (Å²) < 4.78 is 18.6. The number of halogens is 1. The summed E-state index contributed by atoms with van der Waals surface area (Å²) in [5.74, 6) is -1.15. The molecule has 3 rings (SSSR count). The largest absolute Gasteiger partial charge is 0.457 e. The van der Waals surface area contributed by atoms with Gasteiger partial charge in [0.2, 0.25) is 5.82 Å². The van der Waals surface area contributed by atoms with Crippen molar-refractivity contribution in [2.75, 3.05) is 6.61 Å². The number of hydrogen-bond acceptors (Lipinski definition) is 6. The van der Waals surface area contributed by atoms with Gasteiger partial charge in [0.1, 0.15) is 5.82 Å². The van der Waals surface area contributed by atoms with Crippen molar-refractivity contribution in [2.24, 2.45) is 0 Å². The van der Waals surface area contributed by atoms with E-state index in [4.69, 9.17) is 4.74 Å². The number of nitrogens with zero attached hydrogens (tertiary/aromatic N) is 4. The molecule has 0 amide bonds. The molecular formula is C18H15FN4O3. The Morgan fingerprint density at radius 2 is 1.77 bits per heavy atom. The van der Waals surface area contributed by atoms with Crippen LogP contribution in [0.5, 0.6) is 0 Å². The lowest BCUT2D eigenvalue weighted by atomic mass is 10.1. The van der Waals surface area contributed by atoms with Crippen LogP contribution < -0.4 is 0 Å². The first-order valence-corrected chi connectivity index (χ1v) is 7.90. The van der Waals surface area contributed by atoms with Gasteiger partial charge in [-0.25, -0.2) is 4.39 Å². The number of carbonyl (C=O) groups excluding carboxylic acids is 2. The third-order valence-electron chi connectivity index (χ3n) is 3.54. The quantitative estimate of drug-likeness (QED) is 0.478. The molecule has 1 aromatic heterocycles. The summed E-state index contributed by atoms with van der Waals surface area (Å²) in [6.07, 6.45) is -0.0326. The maximum Gasteiger partial charge on any atom is 0.308 e. The van der Waals surface area contributed by atoms with Gasteiger partial charge >= 0.3 is 5.97 Å². The Hall–Kier alpha value is -3.42. The first kappa shape index (κ1) is 17.4. The summed E-state index contributed by atoms with van der Waals surface area (Å²) in [5.41, 5.74) is 0.711. The van der Waals surface area contributed by atoms with E-state index in [0.717, 1.165) is 0 Å². The van der Waals surface area contributed by atoms with Gasteiger partial charge in [-0.3, -0.25) is 9.59 Å². The lowest BCUT2D eigenvalue weighted by Gasteiger charge is -2.04. The van der Waals surface area contributed by atoms with Crippen LogP contribution in [0.3, 0.4) is 0 Å². The van der Waals surface area contributed by atoms with Crippen LogP contribution in [0.15, 0.2) is 54.6 Å². The molecule has 3 aromatic rings. The van der Waals surface area contributed by atoms with Crippen LogP contribution in [0.1, 0.15) is 16.8 Å². The average molecular weight is 354 g/mol. The molecule has 132 valence electrons. The van der Waals surface area contributed by atoms with Crippen LogP contribution in [-0.4, -0.2) is 38.6 Å². The summed E-state index contributed by atoms with van der Waals surface area (Å²) >= 11 is 0. The van der Waals surface area contributed by atoms with Crippen LogP contribution in [0.25, 0.3) is 11.4 Å². The summed E-state index contributed by atoms with van der Waals surface area (Å²) in [7, 11) is 0. The SMILES string of the molecule is O=C(CCn1nnc(-c2ccccc2F)n1)OCC(=O)c1ccccc1. The number of carbonyl (C=O) groups is 2. The molecular weight excluding hydrogens is 339 g/mol. The third kappa shape index (κ3) is 4.35. The normalized spacial score (nSPS) is 10.5. The number of benzene rings is 2. The van der Waals surface area contributed by atoms with Gasteiger partial charge < -0.3 is 4.74 Å². The molecule has 0 radical (unpaired) electrons. The van der Waals surface area contributed by atoms with E-state index in [9.17, 15) is 14.0 Å². The van der Waals surface area contributed by atoms with E-state index in [1.165, 1.54) is 10.9 Å². The topological polar surface area (TPSA) is 87.0 Å². The summed E-state index contributed by atoms with van der Waals surface area (Å²) in [6.45, 7) is -0.214. The van der Waals surface area contributed by atoms with Crippen molar-refractivity contribution in [3.05, 3.63) is 66.0 Å². The minimum atomic E-state index is -0.556. The molecule has 0 aliphatic heterocycles. The molecule has 0 aliphatic carbocycles.